The molecule has 5 nitrogen and oxygen atoms in total. The lowest BCUT2D eigenvalue weighted by molar-refractivity contribution is 0.109. The Balaban J connectivity index is 1.57. The molecule has 0 amide bonds. The lowest BCUT2D eigenvalue weighted by Gasteiger charge is -2.37. The van der Waals surface area contributed by atoms with Crippen molar-refractivity contribution < 1.29 is 14.6 Å². The summed E-state index contributed by atoms with van der Waals surface area (Å²) in [4.78, 5) is 4.72. The summed E-state index contributed by atoms with van der Waals surface area (Å²) in [5.74, 6) is 1.32. The normalized spacial score (nSPS) is 16.4. The monoisotopic (exact) mass is 356 g/mol. The number of methoxy groups -OCH3 is 2. The van der Waals surface area contributed by atoms with Gasteiger partial charge in [0.25, 0.3) is 0 Å². The summed E-state index contributed by atoms with van der Waals surface area (Å²) in [6, 6.07) is 14.2. The number of β-amino-alcohol motifs (C(OH)–C–C–N with tert-alkyl or cyclic N) is 1. The lowest BCUT2D eigenvalue weighted by Crippen LogP contribution is -2.47. The van der Waals surface area contributed by atoms with Gasteiger partial charge in [0.1, 0.15) is 0 Å². The second-order valence-electron chi connectivity index (χ2n) is 6.76. The van der Waals surface area contributed by atoms with Gasteiger partial charge in [-0.05, 0) is 42.3 Å². The largest absolute Gasteiger partial charge is 0.493 e. The highest BCUT2D eigenvalue weighted by Gasteiger charge is 2.21. The minimum atomic E-state index is -0.541. The molecule has 1 unspecified atom stereocenters. The van der Waals surface area contributed by atoms with E-state index in [1.807, 2.05) is 18.2 Å². The number of anilines is 1. The Morgan fingerprint density at radius 3 is 2.35 bits per heavy atom. The molecule has 1 heterocycles. The molecule has 0 spiro atoms. The molecule has 26 heavy (non-hydrogen) atoms. The highest BCUT2D eigenvalue weighted by molar-refractivity contribution is 5.49. The third-order valence-corrected chi connectivity index (χ3v) is 4.96. The van der Waals surface area contributed by atoms with Crippen molar-refractivity contribution in [3.63, 3.8) is 0 Å². The molecule has 0 bridgehead atoms. The summed E-state index contributed by atoms with van der Waals surface area (Å²) in [6.45, 7) is 6.58. The van der Waals surface area contributed by atoms with E-state index < -0.39 is 6.10 Å². The van der Waals surface area contributed by atoms with Gasteiger partial charge in [0, 0.05) is 38.4 Å². The van der Waals surface area contributed by atoms with Gasteiger partial charge in [-0.25, -0.2) is 0 Å². The van der Waals surface area contributed by atoms with Crippen LogP contribution < -0.4 is 14.4 Å². The zero-order chi connectivity index (χ0) is 18.5. The maximum absolute atomic E-state index is 10.6. The smallest absolute Gasteiger partial charge is 0.161 e. The predicted octanol–water partition coefficient (Wildman–Crippen LogP) is 2.87. The molecule has 0 aliphatic carbocycles. The van der Waals surface area contributed by atoms with Crippen LogP contribution in [0.25, 0.3) is 0 Å². The van der Waals surface area contributed by atoms with Crippen molar-refractivity contribution in [1.29, 1.82) is 0 Å². The summed E-state index contributed by atoms with van der Waals surface area (Å²) < 4.78 is 10.6. The van der Waals surface area contributed by atoms with Crippen LogP contribution in [0.2, 0.25) is 0 Å². The van der Waals surface area contributed by atoms with E-state index in [4.69, 9.17) is 9.47 Å². The number of ether oxygens (including phenoxy) is 2. The summed E-state index contributed by atoms with van der Waals surface area (Å²) in [5.41, 5.74) is 3.42. The van der Waals surface area contributed by atoms with Crippen molar-refractivity contribution in [3.8, 4) is 11.5 Å². The molecule has 1 saturated heterocycles. The Bertz CT molecular complexity index is 727. The minimum absolute atomic E-state index is 0.541. The van der Waals surface area contributed by atoms with E-state index in [-0.39, 0.29) is 0 Å². The number of nitrogens with zero attached hydrogens (tertiary/aromatic N) is 2. The van der Waals surface area contributed by atoms with E-state index in [0.717, 1.165) is 31.7 Å². The molecular formula is C21H28N2O3. The third-order valence-electron chi connectivity index (χ3n) is 4.96. The summed E-state index contributed by atoms with van der Waals surface area (Å²) in [7, 11) is 3.22. The zero-order valence-corrected chi connectivity index (χ0v) is 15.8. The van der Waals surface area contributed by atoms with Crippen LogP contribution in [0.4, 0.5) is 5.69 Å². The van der Waals surface area contributed by atoms with Crippen molar-refractivity contribution in [2.24, 2.45) is 0 Å². The Morgan fingerprint density at radius 2 is 1.69 bits per heavy atom. The molecule has 0 aromatic heterocycles. The first-order valence-corrected chi connectivity index (χ1v) is 9.04. The van der Waals surface area contributed by atoms with Gasteiger partial charge in [-0.1, -0.05) is 18.2 Å². The fourth-order valence-electron chi connectivity index (χ4n) is 3.42. The first-order chi connectivity index (χ1) is 12.6. The van der Waals surface area contributed by atoms with Crippen molar-refractivity contribution >= 4 is 5.69 Å². The fourth-order valence-corrected chi connectivity index (χ4v) is 3.42. The van der Waals surface area contributed by atoms with Crippen LogP contribution in [0, 0.1) is 6.92 Å². The van der Waals surface area contributed by atoms with E-state index in [0.29, 0.717) is 18.0 Å². The number of benzene rings is 2. The SMILES string of the molecule is COc1ccc(C(O)CN2CCN(c3cccc(C)c3)CC2)cc1OC. The van der Waals surface area contributed by atoms with Crippen LogP contribution in [0.5, 0.6) is 11.5 Å². The molecular weight excluding hydrogens is 328 g/mol. The fraction of sp³-hybridized carbons (Fsp3) is 0.429. The highest BCUT2D eigenvalue weighted by Crippen LogP contribution is 2.30. The highest BCUT2D eigenvalue weighted by atomic mass is 16.5. The summed E-state index contributed by atoms with van der Waals surface area (Å²) in [6.07, 6.45) is -0.541. The van der Waals surface area contributed by atoms with Crippen molar-refractivity contribution in [2.45, 2.75) is 13.0 Å². The maximum Gasteiger partial charge on any atom is 0.161 e. The molecule has 0 radical (unpaired) electrons. The van der Waals surface area contributed by atoms with Crippen molar-refractivity contribution in [1.82, 2.24) is 4.90 Å². The molecule has 1 N–H and O–H groups in total. The van der Waals surface area contributed by atoms with Crippen LogP contribution >= 0.6 is 0 Å². The van der Waals surface area contributed by atoms with Gasteiger partial charge in [-0.15, -0.1) is 0 Å². The van der Waals surface area contributed by atoms with Crippen molar-refractivity contribution in [3.05, 3.63) is 53.6 Å². The first-order valence-electron chi connectivity index (χ1n) is 9.04. The molecule has 140 valence electrons. The van der Waals surface area contributed by atoms with E-state index in [9.17, 15) is 5.11 Å². The van der Waals surface area contributed by atoms with Gasteiger partial charge in [0.05, 0.1) is 20.3 Å². The average molecular weight is 356 g/mol. The molecule has 1 aliphatic rings. The number of aryl methyl sites for hydroxylation is 1. The second kappa shape index (κ2) is 8.43. The summed E-state index contributed by atoms with van der Waals surface area (Å²) in [5, 5.41) is 10.6. The minimum Gasteiger partial charge on any atom is -0.493 e. The molecule has 2 aromatic carbocycles. The van der Waals surface area contributed by atoms with Gasteiger partial charge in [0.15, 0.2) is 11.5 Å². The van der Waals surface area contributed by atoms with Gasteiger partial charge < -0.3 is 19.5 Å². The van der Waals surface area contributed by atoms with Gasteiger partial charge in [0.2, 0.25) is 0 Å². The zero-order valence-electron chi connectivity index (χ0n) is 15.8. The van der Waals surface area contributed by atoms with E-state index >= 15 is 0 Å². The second-order valence-corrected chi connectivity index (χ2v) is 6.76. The van der Waals surface area contributed by atoms with Gasteiger partial charge in [-0.3, -0.25) is 4.90 Å². The standard InChI is InChI=1S/C21H28N2O3/c1-16-5-4-6-18(13-16)23-11-9-22(10-12-23)15-19(24)17-7-8-20(25-2)21(14-17)26-3/h4-8,13-14,19,24H,9-12,15H2,1-3H3. The molecule has 3 rings (SSSR count). The Kier molecular flexibility index (Phi) is 6.01. The molecule has 5 heteroatoms. The molecule has 0 saturated carbocycles. The van der Waals surface area contributed by atoms with Crippen molar-refractivity contribution in [2.75, 3.05) is 51.8 Å². The maximum atomic E-state index is 10.6. The van der Waals surface area contributed by atoms with Crippen LogP contribution in [0.1, 0.15) is 17.2 Å². The quantitative estimate of drug-likeness (QED) is 0.862. The number of hydrogen-bond donors (Lipinski definition) is 1. The van der Waals surface area contributed by atoms with Gasteiger partial charge >= 0.3 is 0 Å². The number of aliphatic hydroxyl groups is 1. The van der Waals surface area contributed by atoms with E-state index in [1.54, 1.807) is 14.2 Å². The topological polar surface area (TPSA) is 45.2 Å². The predicted molar refractivity (Wildman–Crippen MR) is 104 cm³/mol. The lowest BCUT2D eigenvalue weighted by atomic mass is 10.1. The van der Waals surface area contributed by atoms with Crippen LogP contribution in [0.15, 0.2) is 42.5 Å². The third kappa shape index (κ3) is 4.29. The molecule has 1 aliphatic heterocycles. The average Bonchev–Trinajstić information content (AvgIpc) is 2.68. The Labute approximate surface area is 155 Å². The molecule has 1 atom stereocenters. The Morgan fingerprint density at radius 1 is 0.962 bits per heavy atom. The van der Waals surface area contributed by atoms with Crippen LogP contribution in [0.3, 0.4) is 0 Å². The molecule has 1 fully saturated rings. The van der Waals surface area contributed by atoms with E-state index in [1.165, 1.54) is 11.3 Å². The van der Waals surface area contributed by atoms with Crippen LogP contribution in [-0.2, 0) is 0 Å². The van der Waals surface area contributed by atoms with E-state index in [2.05, 4.69) is 41.0 Å². The number of hydrogen-bond acceptors (Lipinski definition) is 5. The van der Waals surface area contributed by atoms with Gasteiger partial charge in [-0.2, -0.15) is 0 Å². The number of rotatable bonds is 6. The summed E-state index contributed by atoms with van der Waals surface area (Å²) >= 11 is 0. The molecule has 2 aromatic rings. The van der Waals surface area contributed by atoms with Crippen LogP contribution in [-0.4, -0.2) is 56.9 Å². The first kappa shape index (κ1) is 18.5. The number of piperazine rings is 1. The Hall–Kier alpha value is -2.24. The number of aliphatic hydroxyl groups excluding tert-OH is 1.